The van der Waals surface area contributed by atoms with Gasteiger partial charge < -0.3 is 5.73 Å². The van der Waals surface area contributed by atoms with Gasteiger partial charge in [0.05, 0.1) is 17.8 Å². The van der Waals surface area contributed by atoms with E-state index in [1.54, 1.807) is 12.1 Å². The van der Waals surface area contributed by atoms with Gasteiger partial charge in [0.25, 0.3) is 0 Å². The van der Waals surface area contributed by atoms with E-state index in [4.69, 9.17) is 11.0 Å². The number of nitriles is 1. The molecule has 1 aromatic heterocycles. The summed E-state index contributed by atoms with van der Waals surface area (Å²) in [5.74, 6) is -0.498. The predicted molar refractivity (Wildman–Crippen MR) is 69.8 cm³/mol. The molecule has 2 aromatic rings. The molecule has 0 aliphatic rings. The maximum Gasteiger partial charge on any atom is 0.140 e. The lowest BCUT2D eigenvalue weighted by Crippen LogP contribution is -2.06. The first-order valence-electron chi connectivity index (χ1n) is 5.98. The van der Waals surface area contributed by atoms with E-state index in [2.05, 4.69) is 5.10 Å². The first-order valence-corrected chi connectivity index (χ1v) is 5.98. The smallest absolute Gasteiger partial charge is 0.140 e. The van der Waals surface area contributed by atoms with Crippen LogP contribution in [0, 0.1) is 31.0 Å². The van der Waals surface area contributed by atoms with Crippen LogP contribution in [0.2, 0.25) is 0 Å². The quantitative estimate of drug-likeness (QED) is 0.915. The van der Waals surface area contributed by atoms with Crippen LogP contribution >= 0.6 is 0 Å². The van der Waals surface area contributed by atoms with E-state index in [1.807, 2.05) is 24.6 Å². The third kappa shape index (κ3) is 2.49. The highest BCUT2D eigenvalue weighted by atomic mass is 19.1. The van der Waals surface area contributed by atoms with E-state index in [0.717, 1.165) is 22.5 Å². The van der Waals surface area contributed by atoms with Gasteiger partial charge >= 0.3 is 0 Å². The van der Waals surface area contributed by atoms with E-state index in [1.165, 1.54) is 6.07 Å². The Hall–Kier alpha value is -2.19. The Balaban J connectivity index is 2.34. The molecule has 0 spiro atoms. The van der Waals surface area contributed by atoms with Gasteiger partial charge in [-0.2, -0.15) is 10.4 Å². The third-order valence-corrected chi connectivity index (χ3v) is 3.22. The van der Waals surface area contributed by atoms with Crippen LogP contribution in [0.4, 0.5) is 4.39 Å². The van der Waals surface area contributed by atoms with Crippen molar-refractivity contribution in [1.29, 1.82) is 5.26 Å². The summed E-state index contributed by atoms with van der Waals surface area (Å²) in [5.41, 5.74) is 9.51. The zero-order valence-corrected chi connectivity index (χ0v) is 10.9. The Kier molecular flexibility index (Phi) is 3.63. The number of rotatable bonds is 3. The highest BCUT2D eigenvalue weighted by Gasteiger charge is 2.11. The number of aryl methyl sites for hydroxylation is 1. The molecule has 0 saturated carbocycles. The minimum Gasteiger partial charge on any atom is -0.326 e. The fourth-order valence-electron chi connectivity index (χ4n) is 2.11. The highest BCUT2D eigenvalue weighted by molar-refractivity contribution is 5.35. The van der Waals surface area contributed by atoms with Crippen LogP contribution < -0.4 is 5.73 Å². The summed E-state index contributed by atoms with van der Waals surface area (Å²) in [6.45, 7) is 4.82. The molecule has 0 unspecified atom stereocenters. The summed E-state index contributed by atoms with van der Waals surface area (Å²) in [6, 6.07) is 6.36. The van der Waals surface area contributed by atoms with Crippen LogP contribution in [-0.4, -0.2) is 9.78 Å². The number of benzene rings is 1. The monoisotopic (exact) mass is 258 g/mol. The molecule has 0 amide bonds. The van der Waals surface area contributed by atoms with Gasteiger partial charge in [0.1, 0.15) is 11.9 Å². The average molecular weight is 258 g/mol. The summed E-state index contributed by atoms with van der Waals surface area (Å²) in [5, 5.41) is 13.2. The minimum absolute atomic E-state index is 0.0538. The van der Waals surface area contributed by atoms with Crippen molar-refractivity contribution in [2.24, 2.45) is 5.73 Å². The molecule has 98 valence electrons. The van der Waals surface area contributed by atoms with Crippen LogP contribution in [-0.2, 0) is 13.1 Å². The molecular weight excluding hydrogens is 243 g/mol. The van der Waals surface area contributed by atoms with Crippen LogP contribution in [0.15, 0.2) is 18.2 Å². The molecule has 0 atom stereocenters. The van der Waals surface area contributed by atoms with E-state index in [-0.39, 0.29) is 5.56 Å². The molecule has 1 heterocycles. The van der Waals surface area contributed by atoms with E-state index < -0.39 is 5.82 Å². The fraction of sp³-hybridized carbons (Fsp3) is 0.286. The molecule has 0 saturated heterocycles. The Morgan fingerprint density at radius 3 is 2.74 bits per heavy atom. The van der Waals surface area contributed by atoms with Crippen molar-refractivity contribution in [2.45, 2.75) is 26.9 Å². The number of nitrogens with two attached hydrogens (primary N) is 1. The van der Waals surface area contributed by atoms with Crippen LogP contribution in [0.5, 0.6) is 0 Å². The zero-order valence-electron chi connectivity index (χ0n) is 10.9. The van der Waals surface area contributed by atoms with Crippen molar-refractivity contribution in [3.05, 3.63) is 52.1 Å². The third-order valence-electron chi connectivity index (χ3n) is 3.22. The second-order valence-corrected chi connectivity index (χ2v) is 4.44. The molecule has 0 radical (unpaired) electrons. The fourth-order valence-corrected chi connectivity index (χ4v) is 2.11. The second-order valence-electron chi connectivity index (χ2n) is 4.44. The van der Waals surface area contributed by atoms with Crippen molar-refractivity contribution in [3.63, 3.8) is 0 Å². The lowest BCUT2D eigenvalue weighted by atomic mass is 10.1. The zero-order chi connectivity index (χ0) is 14.0. The minimum atomic E-state index is -0.498. The number of hydrogen-bond acceptors (Lipinski definition) is 3. The van der Waals surface area contributed by atoms with Crippen molar-refractivity contribution >= 4 is 0 Å². The van der Waals surface area contributed by atoms with Gasteiger partial charge in [-0.25, -0.2) is 4.39 Å². The molecular formula is C14H15FN4. The topological polar surface area (TPSA) is 67.6 Å². The summed E-state index contributed by atoms with van der Waals surface area (Å²) in [7, 11) is 0. The Morgan fingerprint density at radius 2 is 2.16 bits per heavy atom. The lowest BCUT2D eigenvalue weighted by Gasteiger charge is -2.06. The molecule has 0 aliphatic carbocycles. The number of aromatic nitrogens is 2. The van der Waals surface area contributed by atoms with E-state index in [0.29, 0.717) is 13.1 Å². The number of halogens is 1. The number of nitrogens with zero attached hydrogens (tertiary/aromatic N) is 3. The van der Waals surface area contributed by atoms with Gasteiger partial charge in [-0.1, -0.05) is 6.07 Å². The second kappa shape index (κ2) is 5.21. The summed E-state index contributed by atoms with van der Waals surface area (Å²) < 4.78 is 15.1. The maximum absolute atomic E-state index is 13.2. The van der Waals surface area contributed by atoms with Crippen molar-refractivity contribution in [2.75, 3.05) is 0 Å². The lowest BCUT2D eigenvalue weighted by molar-refractivity contribution is 0.618. The molecule has 4 nitrogen and oxygen atoms in total. The maximum atomic E-state index is 13.2. The van der Waals surface area contributed by atoms with Crippen LogP contribution in [0.1, 0.15) is 28.1 Å². The molecule has 0 fully saturated rings. The Morgan fingerprint density at radius 1 is 1.42 bits per heavy atom. The molecule has 2 N–H and O–H groups in total. The molecule has 0 aliphatic heterocycles. The summed E-state index contributed by atoms with van der Waals surface area (Å²) in [4.78, 5) is 0. The molecule has 0 bridgehead atoms. The molecule has 1 aromatic carbocycles. The van der Waals surface area contributed by atoms with Gasteiger partial charge in [0.15, 0.2) is 0 Å². The summed E-state index contributed by atoms with van der Waals surface area (Å²) >= 11 is 0. The molecule has 19 heavy (non-hydrogen) atoms. The predicted octanol–water partition coefficient (Wildman–Crippen LogP) is 2.02. The summed E-state index contributed by atoms with van der Waals surface area (Å²) in [6.07, 6.45) is 0. The first-order chi connectivity index (χ1) is 9.06. The van der Waals surface area contributed by atoms with Crippen LogP contribution in [0.25, 0.3) is 0 Å². The van der Waals surface area contributed by atoms with Crippen molar-refractivity contribution in [3.8, 4) is 6.07 Å². The SMILES string of the molecule is Cc1nn(Cc2ccc(F)c(C#N)c2)c(C)c1CN. The van der Waals surface area contributed by atoms with Crippen LogP contribution in [0.3, 0.4) is 0 Å². The van der Waals surface area contributed by atoms with Crippen molar-refractivity contribution < 1.29 is 4.39 Å². The average Bonchev–Trinajstić information content (AvgIpc) is 2.66. The number of hydrogen-bond donors (Lipinski definition) is 1. The normalized spacial score (nSPS) is 10.5. The van der Waals surface area contributed by atoms with Gasteiger partial charge in [0, 0.05) is 17.8 Å². The van der Waals surface area contributed by atoms with Gasteiger partial charge in [-0.15, -0.1) is 0 Å². The highest BCUT2D eigenvalue weighted by Crippen LogP contribution is 2.15. The molecule has 5 heteroatoms. The van der Waals surface area contributed by atoms with Crippen molar-refractivity contribution in [1.82, 2.24) is 9.78 Å². The van der Waals surface area contributed by atoms with Gasteiger partial charge in [-0.3, -0.25) is 4.68 Å². The standard InChI is InChI=1S/C14H15FN4/c1-9-13(7-17)10(2)19(18-9)8-11-3-4-14(15)12(5-11)6-16/h3-5H,7-8,17H2,1-2H3. The largest absolute Gasteiger partial charge is 0.326 e. The van der Waals surface area contributed by atoms with Gasteiger partial charge in [-0.05, 0) is 31.5 Å². The molecule has 2 rings (SSSR count). The first kappa shape index (κ1) is 13.2. The van der Waals surface area contributed by atoms with Gasteiger partial charge in [0.2, 0.25) is 0 Å². The Bertz CT molecular complexity index is 652. The Labute approximate surface area is 111 Å². The van der Waals surface area contributed by atoms with E-state index >= 15 is 0 Å². The van der Waals surface area contributed by atoms with E-state index in [9.17, 15) is 4.39 Å².